The van der Waals surface area contributed by atoms with Gasteiger partial charge in [0.15, 0.2) is 0 Å². The van der Waals surface area contributed by atoms with Crippen LogP contribution in [-0.2, 0) is 6.54 Å². The average Bonchev–Trinajstić information content (AvgIpc) is 3.28. The number of anilines is 2. The minimum Gasteiger partial charge on any atom is -0.467 e. The van der Waals surface area contributed by atoms with E-state index in [2.05, 4.69) is 61.5 Å². The van der Waals surface area contributed by atoms with Gasteiger partial charge in [-0.15, -0.1) is 0 Å². The van der Waals surface area contributed by atoms with Crippen molar-refractivity contribution in [2.45, 2.75) is 6.54 Å². The number of rotatable bonds is 7. The molecule has 0 unspecified atom stereocenters. The average molecular weight is 375 g/mol. The third-order valence-corrected chi connectivity index (χ3v) is 4.81. The van der Waals surface area contributed by atoms with Gasteiger partial charge in [0, 0.05) is 38.9 Å². The van der Waals surface area contributed by atoms with Gasteiger partial charge in [-0.2, -0.15) is 4.98 Å². The first kappa shape index (κ1) is 18.3. The SMILES string of the molecule is C(=C\c1ccccc1)/CN1CCN(c2ccnc(NCc3ccco3)n2)CC1. The fourth-order valence-corrected chi connectivity index (χ4v) is 3.25. The van der Waals surface area contributed by atoms with E-state index in [1.54, 1.807) is 6.26 Å². The molecule has 0 radical (unpaired) electrons. The van der Waals surface area contributed by atoms with E-state index in [9.17, 15) is 0 Å². The summed E-state index contributed by atoms with van der Waals surface area (Å²) in [6, 6.07) is 16.2. The summed E-state index contributed by atoms with van der Waals surface area (Å²) in [7, 11) is 0. The Balaban J connectivity index is 1.26. The summed E-state index contributed by atoms with van der Waals surface area (Å²) in [4.78, 5) is 13.7. The molecule has 3 heterocycles. The summed E-state index contributed by atoms with van der Waals surface area (Å²) < 4.78 is 5.33. The Morgan fingerprint density at radius 3 is 2.64 bits per heavy atom. The second-order valence-electron chi connectivity index (χ2n) is 6.77. The van der Waals surface area contributed by atoms with Gasteiger partial charge in [0.25, 0.3) is 0 Å². The van der Waals surface area contributed by atoms with Crippen LogP contribution < -0.4 is 10.2 Å². The molecular weight excluding hydrogens is 350 g/mol. The number of nitrogens with zero attached hydrogens (tertiary/aromatic N) is 4. The molecule has 1 fully saturated rings. The van der Waals surface area contributed by atoms with Crippen molar-refractivity contribution in [3.63, 3.8) is 0 Å². The highest BCUT2D eigenvalue weighted by Crippen LogP contribution is 2.15. The van der Waals surface area contributed by atoms with Crippen LogP contribution in [0.15, 0.2) is 71.5 Å². The van der Waals surface area contributed by atoms with Gasteiger partial charge in [0.1, 0.15) is 11.6 Å². The molecule has 2 aromatic heterocycles. The number of hydrogen-bond acceptors (Lipinski definition) is 6. The van der Waals surface area contributed by atoms with E-state index >= 15 is 0 Å². The Morgan fingerprint density at radius 2 is 1.86 bits per heavy atom. The lowest BCUT2D eigenvalue weighted by Crippen LogP contribution is -2.46. The predicted octanol–water partition coefficient (Wildman–Crippen LogP) is 3.52. The van der Waals surface area contributed by atoms with Gasteiger partial charge >= 0.3 is 0 Å². The van der Waals surface area contributed by atoms with E-state index in [-0.39, 0.29) is 0 Å². The quantitative estimate of drug-likeness (QED) is 0.682. The highest BCUT2D eigenvalue weighted by atomic mass is 16.3. The maximum absolute atomic E-state index is 5.33. The smallest absolute Gasteiger partial charge is 0.224 e. The molecule has 0 bridgehead atoms. The van der Waals surface area contributed by atoms with Gasteiger partial charge in [0.2, 0.25) is 5.95 Å². The Morgan fingerprint density at radius 1 is 1.00 bits per heavy atom. The largest absolute Gasteiger partial charge is 0.467 e. The monoisotopic (exact) mass is 375 g/mol. The van der Waals surface area contributed by atoms with Crippen molar-refractivity contribution in [1.82, 2.24) is 14.9 Å². The van der Waals surface area contributed by atoms with Crippen molar-refractivity contribution < 1.29 is 4.42 Å². The molecule has 1 saturated heterocycles. The topological polar surface area (TPSA) is 57.4 Å². The van der Waals surface area contributed by atoms with Crippen LogP contribution in [0.5, 0.6) is 0 Å². The van der Waals surface area contributed by atoms with E-state index in [1.165, 1.54) is 5.56 Å². The maximum atomic E-state index is 5.33. The summed E-state index contributed by atoms with van der Waals surface area (Å²) in [5, 5.41) is 3.22. The van der Waals surface area contributed by atoms with E-state index in [0.29, 0.717) is 12.5 Å². The lowest BCUT2D eigenvalue weighted by atomic mass is 10.2. The summed E-state index contributed by atoms with van der Waals surface area (Å²) in [6.45, 7) is 5.54. The lowest BCUT2D eigenvalue weighted by molar-refractivity contribution is 0.283. The minimum atomic E-state index is 0.581. The van der Waals surface area contributed by atoms with E-state index in [0.717, 1.165) is 44.3 Å². The van der Waals surface area contributed by atoms with Gasteiger partial charge in [-0.25, -0.2) is 4.98 Å². The van der Waals surface area contributed by atoms with Crippen LogP contribution in [0.2, 0.25) is 0 Å². The fraction of sp³-hybridized carbons (Fsp3) is 0.273. The molecule has 3 aromatic rings. The molecule has 0 aliphatic carbocycles. The fourth-order valence-electron chi connectivity index (χ4n) is 3.25. The maximum Gasteiger partial charge on any atom is 0.224 e. The summed E-state index contributed by atoms with van der Waals surface area (Å²) >= 11 is 0. The highest BCUT2D eigenvalue weighted by Gasteiger charge is 2.17. The standard InChI is InChI=1S/C22H25N5O/c1-2-6-19(7-3-1)8-4-12-26-13-15-27(16-14-26)21-10-11-23-22(25-21)24-18-20-9-5-17-28-20/h1-11,17H,12-16,18H2,(H,23,24,25)/b8-4+. The van der Waals surface area contributed by atoms with Crippen LogP contribution in [0.4, 0.5) is 11.8 Å². The molecule has 1 aromatic carbocycles. The van der Waals surface area contributed by atoms with E-state index < -0.39 is 0 Å². The number of benzene rings is 1. The molecular formula is C22H25N5O. The highest BCUT2D eigenvalue weighted by molar-refractivity contribution is 5.49. The van der Waals surface area contributed by atoms with Gasteiger partial charge in [0.05, 0.1) is 12.8 Å². The lowest BCUT2D eigenvalue weighted by Gasteiger charge is -2.34. The first-order chi connectivity index (χ1) is 13.9. The molecule has 0 spiro atoms. The van der Waals surface area contributed by atoms with Crippen molar-refractivity contribution >= 4 is 17.8 Å². The van der Waals surface area contributed by atoms with Crippen molar-refractivity contribution in [2.24, 2.45) is 0 Å². The van der Waals surface area contributed by atoms with Crippen molar-refractivity contribution in [1.29, 1.82) is 0 Å². The van der Waals surface area contributed by atoms with E-state index in [4.69, 9.17) is 4.42 Å². The molecule has 144 valence electrons. The third kappa shape index (κ3) is 4.98. The van der Waals surface area contributed by atoms with Gasteiger partial charge in [-0.1, -0.05) is 42.5 Å². The van der Waals surface area contributed by atoms with Crippen LogP contribution in [0, 0.1) is 0 Å². The molecule has 1 N–H and O–H groups in total. The van der Waals surface area contributed by atoms with Crippen LogP contribution >= 0.6 is 0 Å². The van der Waals surface area contributed by atoms with E-state index in [1.807, 2.05) is 30.5 Å². The molecule has 0 saturated carbocycles. The molecule has 6 heteroatoms. The van der Waals surface area contributed by atoms with Gasteiger partial charge in [-0.3, -0.25) is 4.90 Å². The van der Waals surface area contributed by atoms with Crippen molar-refractivity contribution in [2.75, 3.05) is 42.9 Å². The zero-order valence-corrected chi connectivity index (χ0v) is 15.9. The second kappa shape index (κ2) is 9.19. The normalized spacial score (nSPS) is 15.2. The number of nitrogens with one attached hydrogen (secondary N) is 1. The Kier molecular flexibility index (Phi) is 5.99. The number of hydrogen-bond donors (Lipinski definition) is 1. The van der Waals surface area contributed by atoms with Gasteiger partial charge < -0.3 is 14.6 Å². The molecule has 0 atom stereocenters. The predicted molar refractivity (Wildman–Crippen MR) is 112 cm³/mol. The summed E-state index contributed by atoms with van der Waals surface area (Å²) in [5.41, 5.74) is 1.25. The van der Waals surface area contributed by atoms with Crippen LogP contribution in [-0.4, -0.2) is 47.6 Å². The number of aromatic nitrogens is 2. The Labute approximate surface area is 165 Å². The molecule has 6 nitrogen and oxygen atoms in total. The van der Waals surface area contributed by atoms with Crippen LogP contribution in [0.25, 0.3) is 6.08 Å². The Hall–Kier alpha value is -3.12. The van der Waals surface area contributed by atoms with Gasteiger partial charge in [-0.05, 0) is 23.8 Å². The zero-order chi connectivity index (χ0) is 19.0. The van der Waals surface area contributed by atoms with Crippen LogP contribution in [0.1, 0.15) is 11.3 Å². The molecule has 0 amide bonds. The first-order valence-corrected chi connectivity index (χ1v) is 9.65. The number of furan rings is 1. The summed E-state index contributed by atoms with van der Waals surface area (Å²) in [5.74, 6) is 2.46. The van der Waals surface area contributed by atoms with Crippen molar-refractivity contribution in [3.8, 4) is 0 Å². The molecule has 28 heavy (non-hydrogen) atoms. The first-order valence-electron chi connectivity index (χ1n) is 9.65. The zero-order valence-electron chi connectivity index (χ0n) is 15.9. The van der Waals surface area contributed by atoms with Crippen molar-refractivity contribution in [3.05, 3.63) is 78.4 Å². The summed E-state index contributed by atoms with van der Waals surface area (Å²) in [6.07, 6.45) is 7.91. The number of piperazine rings is 1. The Bertz CT molecular complexity index is 871. The second-order valence-corrected chi connectivity index (χ2v) is 6.77. The third-order valence-electron chi connectivity index (χ3n) is 4.81. The van der Waals surface area contributed by atoms with Crippen LogP contribution in [0.3, 0.4) is 0 Å². The molecule has 4 rings (SSSR count). The minimum absolute atomic E-state index is 0.581. The molecule has 1 aliphatic heterocycles. The molecule has 1 aliphatic rings.